The van der Waals surface area contributed by atoms with Crippen LogP contribution in [0.4, 0.5) is 0 Å². The predicted molar refractivity (Wildman–Crippen MR) is 94.2 cm³/mol. The molecule has 28 heavy (non-hydrogen) atoms. The van der Waals surface area contributed by atoms with Gasteiger partial charge in [-0.2, -0.15) is 0 Å². The largest absolute Gasteiger partial charge is 0.467 e. The van der Waals surface area contributed by atoms with Gasteiger partial charge in [-0.1, -0.05) is 12.1 Å². The summed E-state index contributed by atoms with van der Waals surface area (Å²) in [6.45, 7) is 0.745. The van der Waals surface area contributed by atoms with E-state index in [2.05, 4.69) is 10.1 Å². The van der Waals surface area contributed by atoms with E-state index in [1.54, 1.807) is 24.3 Å². The van der Waals surface area contributed by atoms with E-state index in [0.717, 1.165) is 0 Å². The number of aliphatic hydroxyl groups is 4. The van der Waals surface area contributed by atoms with Crippen molar-refractivity contribution < 1.29 is 44.2 Å². The topological polar surface area (TPSA) is 155 Å². The molecule has 0 radical (unpaired) electrons. The second kappa shape index (κ2) is 9.80. The highest BCUT2D eigenvalue weighted by atomic mass is 16.7. The molecule has 1 saturated heterocycles. The van der Waals surface area contributed by atoms with E-state index in [4.69, 9.17) is 9.47 Å². The molecule has 0 aromatic heterocycles. The van der Waals surface area contributed by atoms with Crippen LogP contribution < -0.4 is 10.1 Å². The Morgan fingerprint density at radius 2 is 1.79 bits per heavy atom. The summed E-state index contributed by atoms with van der Waals surface area (Å²) in [6.07, 6.45) is -6.67. The third-order valence-corrected chi connectivity index (χ3v) is 4.33. The molecule has 1 aliphatic heterocycles. The normalized spacial score (nSPS) is 28.3. The Bertz CT molecular complexity index is 664. The van der Waals surface area contributed by atoms with Crippen molar-refractivity contribution in [1.82, 2.24) is 5.32 Å². The monoisotopic (exact) mass is 399 g/mol. The lowest BCUT2D eigenvalue weighted by Crippen LogP contribution is -2.60. The van der Waals surface area contributed by atoms with E-state index >= 15 is 0 Å². The number of benzene rings is 1. The quantitative estimate of drug-likeness (QED) is 0.330. The fourth-order valence-electron chi connectivity index (χ4n) is 2.82. The number of esters is 1. The molecule has 1 aromatic rings. The van der Waals surface area contributed by atoms with Gasteiger partial charge in [-0.15, -0.1) is 0 Å². The van der Waals surface area contributed by atoms with E-state index < -0.39 is 49.3 Å². The molecule has 1 fully saturated rings. The molecule has 10 nitrogen and oxygen atoms in total. The molecule has 0 aliphatic carbocycles. The Balaban J connectivity index is 2.03. The van der Waals surface area contributed by atoms with Crippen LogP contribution in [0.3, 0.4) is 0 Å². The fourth-order valence-corrected chi connectivity index (χ4v) is 2.82. The van der Waals surface area contributed by atoms with E-state index in [1.165, 1.54) is 14.0 Å². The van der Waals surface area contributed by atoms with Crippen molar-refractivity contribution in [2.24, 2.45) is 0 Å². The third-order valence-electron chi connectivity index (χ3n) is 4.33. The minimum atomic E-state index is -1.53. The molecule has 0 saturated carbocycles. The summed E-state index contributed by atoms with van der Waals surface area (Å²) in [5, 5.41) is 41.3. The lowest BCUT2D eigenvalue weighted by Gasteiger charge is -2.39. The van der Waals surface area contributed by atoms with Crippen LogP contribution in [0, 0.1) is 0 Å². The van der Waals surface area contributed by atoms with Gasteiger partial charge in [-0.25, -0.2) is 4.79 Å². The van der Waals surface area contributed by atoms with Crippen LogP contribution in [0.1, 0.15) is 12.5 Å². The summed E-state index contributed by atoms with van der Waals surface area (Å²) >= 11 is 0. The highest BCUT2D eigenvalue weighted by molar-refractivity contribution is 5.83. The smallest absolute Gasteiger partial charge is 0.328 e. The summed E-state index contributed by atoms with van der Waals surface area (Å²) in [4.78, 5) is 23.0. The highest BCUT2D eigenvalue weighted by Crippen LogP contribution is 2.24. The molecule has 1 heterocycles. The summed E-state index contributed by atoms with van der Waals surface area (Å²) in [5.41, 5.74) is 0.713. The Morgan fingerprint density at radius 1 is 1.14 bits per heavy atom. The minimum Gasteiger partial charge on any atom is -0.467 e. The zero-order chi connectivity index (χ0) is 20.8. The van der Waals surface area contributed by atoms with Crippen LogP contribution in [0.15, 0.2) is 24.3 Å². The van der Waals surface area contributed by atoms with E-state index in [1.807, 2.05) is 0 Å². The molecule has 6 atom stereocenters. The van der Waals surface area contributed by atoms with Crippen LogP contribution >= 0.6 is 0 Å². The third kappa shape index (κ3) is 5.40. The van der Waals surface area contributed by atoms with Crippen molar-refractivity contribution >= 4 is 11.9 Å². The molecule has 1 aromatic carbocycles. The number of methoxy groups -OCH3 is 1. The molecular formula is C18H25NO9. The van der Waals surface area contributed by atoms with Gasteiger partial charge >= 0.3 is 5.97 Å². The number of carbonyl (C=O) groups excluding carboxylic acids is 2. The molecule has 1 amide bonds. The standard InChI is InChI=1S/C18H25NO9/c1-9(21)19-12(17(25)26-2)7-10-3-5-11(6-4-10)27-18-16(24)15(23)14(22)13(8-20)28-18/h3-6,12-16,18,20,22-24H,7-8H2,1-2H3,(H,19,21)/t12-,13+,14+,15-,16+,18+/m0/s1. The number of hydrogen-bond acceptors (Lipinski definition) is 9. The Kier molecular flexibility index (Phi) is 7.72. The van der Waals surface area contributed by atoms with Gasteiger partial charge in [0.25, 0.3) is 0 Å². The second-order valence-electron chi connectivity index (χ2n) is 6.44. The van der Waals surface area contributed by atoms with Crippen molar-refractivity contribution in [2.75, 3.05) is 13.7 Å². The Hall–Kier alpha value is -2.24. The van der Waals surface area contributed by atoms with Gasteiger partial charge in [0.2, 0.25) is 12.2 Å². The number of nitrogens with one attached hydrogen (secondary N) is 1. The number of amides is 1. The first-order valence-corrected chi connectivity index (χ1v) is 8.67. The number of ether oxygens (including phenoxy) is 3. The first kappa shape index (κ1) is 22.1. The summed E-state index contributed by atoms with van der Waals surface area (Å²) in [7, 11) is 1.23. The van der Waals surface area contributed by atoms with Gasteiger partial charge in [0.15, 0.2) is 0 Å². The molecule has 1 aliphatic rings. The average Bonchev–Trinajstić information content (AvgIpc) is 2.68. The maximum absolute atomic E-state index is 11.8. The van der Waals surface area contributed by atoms with E-state index in [9.17, 15) is 30.0 Å². The van der Waals surface area contributed by atoms with Crippen molar-refractivity contribution in [3.63, 3.8) is 0 Å². The van der Waals surface area contributed by atoms with E-state index in [-0.39, 0.29) is 12.3 Å². The first-order valence-electron chi connectivity index (χ1n) is 8.67. The number of carbonyl (C=O) groups is 2. The van der Waals surface area contributed by atoms with Crippen molar-refractivity contribution in [2.45, 2.75) is 50.1 Å². The van der Waals surface area contributed by atoms with Gasteiger partial charge in [0.05, 0.1) is 13.7 Å². The summed E-state index contributed by atoms with van der Waals surface area (Å²) in [5.74, 6) is -0.642. The van der Waals surface area contributed by atoms with E-state index in [0.29, 0.717) is 11.3 Å². The van der Waals surface area contributed by atoms with Gasteiger partial charge in [0.1, 0.15) is 36.2 Å². The van der Waals surface area contributed by atoms with Crippen LogP contribution in [0.25, 0.3) is 0 Å². The lowest BCUT2D eigenvalue weighted by molar-refractivity contribution is -0.277. The summed E-state index contributed by atoms with van der Waals surface area (Å²) < 4.78 is 15.4. The minimum absolute atomic E-state index is 0.201. The molecule has 0 unspecified atom stereocenters. The van der Waals surface area contributed by atoms with Crippen molar-refractivity contribution in [1.29, 1.82) is 0 Å². The summed E-state index contributed by atoms with van der Waals surface area (Å²) in [6, 6.07) is 5.58. The molecule has 0 spiro atoms. The lowest BCUT2D eigenvalue weighted by atomic mass is 9.99. The zero-order valence-electron chi connectivity index (χ0n) is 15.5. The Morgan fingerprint density at radius 3 is 2.32 bits per heavy atom. The highest BCUT2D eigenvalue weighted by Gasteiger charge is 2.44. The zero-order valence-corrected chi connectivity index (χ0v) is 15.5. The average molecular weight is 399 g/mol. The SMILES string of the molecule is COC(=O)[C@H](Cc1ccc(O[C@@H]2O[C@H](CO)[C@@H](O)[C@H](O)[C@H]2O)cc1)NC(C)=O. The van der Waals surface area contributed by atoms with Gasteiger partial charge in [-0.3, -0.25) is 4.79 Å². The van der Waals surface area contributed by atoms with Crippen LogP contribution in [0.2, 0.25) is 0 Å². The number of hydrogen-bond donors (Lipinski definition) is 5. The van der Waals surface area contributed by atoms with Crippen LogP contribution in [-0.2, 0) is 25.5 Å². The van der Waals surface area contributed by atoms with Gasteiger partial charge in [0, 0.05) is 13.3 Å². The second-order valence-corrected chi connectivity index (χ2v) is 6.44. The fraction of sp³-hybridized carbons (Fsp3) is 0.556. The predicted octanol–water partition coefficient (Wildman–Crippen LogP) is -1.91. The van der Waals surface area contributed by atoms with Gasteiger partial charge < -0.3 is 40.0 Å². The number of rotatable bonds is 7. The number of aliphatic hydroxyl groups excluding tert-OH is 4. The van der Waals surface area contributed by atoms with Crippen LogP contribution in [-0.4, -0.2) is 82.8 Å². The molecule has 5 N–H and O–H groups in total. The molecule has 156 valence electrons. The molecule has 0 bridgehead atoms. The maximum Gasteiger partial charge on any atom is 0.328 e. The van der Waals surface area contributed by atoms with Crippen molar-refractivity contribution in [3.05, 3.63) is 29.8 Å². The molecule has 10 heteroatoms. The maximum atomic E-state index is 11.8. The van der Waals surface area contributed by atoms with Gasteiger partial charge in [-0.05, 0) is 17.7 Å². The van der Waals surface area contributed by atoms with Crippen LogP contribution in [0.5, 0.6) is 5.75 Å². The molecule has 2 rings (SSSR count). The first-order chi connectivity index (χ1) is 13.3. The Labute approximate surface area is 161 Å². The van der Waals surface area contributed by atoms with Crippen molar-refractivity contribution in [3.8, 4) is 5.75 Å². The molecular weight excluding hydrogens is 374 g/mol.